The third-order valence-corrected chi connectivity index (χ3v) is 3.41. The summed E-state index contributed by atoms with van der Waals surface area (Å²) in [6.45, 7) is 4.10. The molecular formula is C14H19FS. The summed E-state index contributed by atoms with van der Waals surface area (Å²) in [5, 5.41) is 0. The van der Waals surface area contributed by atoms with Gasteiger partial charge in [0.05, 0.1) is 0 Å². The van der Waals surface area contributed by atoms with Crippen LogP contribution in [-0.4, -0.2) is 0 Å². The summed E-state index contributed by atoms with van der Waals surface area (Å²) in [6.07, 6.45) is 3.27. The van der Waals surface area contributed by atoms with Crippen LogP contribution in [0, 0.1) is 0 Å². The van der Waals surface area contributed by atoms with Crippen LogP contribution in [-0.2, 0) is 0 Å². The summed E-state index contributed by atoms with van der Waals surface area (Å²) in [5.74, 6) is 0.0678. The lowest BCUT2D eigenvalue weighted by Gasteiger charge is -2.08. The van der Waals surface area contributed by atoms with E-state index in [2.05, 4.69) is 6.92 Å². The molecule has 0 spiro atoms. The molecule has 1 aromatic rings. The van der Waals surface area contributed by atoms with Crippen molar-refractivity contribution in [1.29, 1.82) is 0 Å². The van der Waals surface area contributed by atoms with Crippen LogP contribution >= 0.6 is 11.8 Å². The number of benzene rings is 1. The fourth-order valence-electron chi connectivity index (χ4n) is 1.46. The van der Waals surface area contributed by atoms with E-state index in [1.54, 1.807) is 11.8 Å². The largest absolute Gasteiger partial charge is 0.211 e. The van der Waals surface area contributed by atoms with Gasteiger partial charge in [-0.05, 0) is 31.4 Å². The van der Waals surface area contributed by atoms with Gasteiger partial charge in [0.25, 0.3) is 0 Å². The molecule has 1 rings (SSSR count). The van der Waals surface area contributed by atoms with E-state index in [4.69, 9.17) is 0 Å². The first-order valence-electron chi connectivity index (χ1n) is 5.88. The van der Waals surface area contributed by atoms with Crippen molar-refractivity contribution in [2.45, 2.75) is 44.4 Å². The summed E-state index contributed by atoms with van der Waals surface area (Å²) in [6, 6.07) is 10.0. The summed E-state index contributed by atoms with van der Waals surface area (Å²) < 4.78 is 13.8. The smallest absolute Gasteiger partial charge is 0.110 e. The monoisotopic (exact) mass is 238 g/mol. The van der Waals surface area contributed by atoms with Crippen LogP contribution in [0.3, 0.4) is 0 Å². The Hall–Kier alpha value is -0.760. The molecule has 0 radical (unpaired) electrons. The number of rotatable bonds is 6. The van der Waals surface area contributed by atoms with Crippen molar-refractivity contribution in [2.24, 2.45) is 0 Å². The van der Waals surface area contributed by atoms with E-state index in [0.29, 0.717) is 6.42 Å². The third-order valence-electron chi connectivity index (χ3n) is 2.23. The zero-order valence-corrected chi connectivity index (χ0v) is 10.8. The van der Waals surface area contributed by atoms with Crippen LogP contribution in [0.4, 0.5) is 4.39 Å². The van der Waals surface area contributed by atoms with Crippen LogP contribution < -0.4 is 0 Å². The van der Waals surface area contributed by atoms with Gasteiger partial charge in [0.15, 0.2) is 0 Å². The van der Waals surface area contributed by atoms with E-state index >= 15 is 0 Å². The van der Waals surface area contributed by atoms with Gasteiger partial charge in [0.1, 0.15) is 5.83 Å². The minimum atomic E-state index is 0.0678. The maximum Gasteiger partial charge on any atom is 0.110 e. The third kappa shape index (κ3) is 4.40. The van der Waals surface area contributed by atoms with Crippen molar-refractivity contribution in [2.75, 3.05) is 0 Å². The van der Waals surface area contributed by atoms with Gasteiger partial charge in [-0.25, -0.2) is 4.39 Å². The van der Waals surface area contributed by atoms with Crippen LogP contribution in [0.1, 0.15) is 39.5 Å². The first-order valence-corrected chi connectivity index (χ1v) is 6.70. The molecule has 0 bridgehead atoms. The molecule has 88 valence electrons. The van der Waals surface area contributed by atoms with Crippen LogP contribution in [0.5, 0.6) is 0 Å². The Morgan fingerprint density at radius 2 is 1.69 bits per heavy atom. The zero-order valence-electron chi connectivity index (χ0n) is 10.0. The van der Waals surface area contributed by atoms with E-state index < -0.39 is 0 Å². The minimum Gasteiger partial charge on any atom is -0.211 e. The second kappa shape index (κ2) is 7.50. The molecular weight excluding hydrogens is 219 g/mol. The Morgan fingerprint density at radius 3 is 2.25 bits per heavy atom. The second-order valence-corrected chi connectivity index (χ2v) is 4.91. The maximum atomic E-state index is 13.8. The zero-order chi connectivity index (χ0) is 11.8. The van der Waals surface area contributed by atoms with Crippen LogP contribution in [0.15, 0.2) is 46.0 Å². The van der Waals surface area contributed by atoms with Crippen molar-refractivity contribution in [1.82, 2.24) is 0 Å². The fourth-order valence-corrected chi connectivity index (χ4v) is 2.56. The molecule has 0 amide bonds. The number of halogens is 1. The summed E-state index contributed by atoms with van der Waals surface area (Å²) in [5.41, 5.74) is 0. The Labute approximate surface area is 102 Å². The summed E-state index contributed by atoms with van der Waals surface area (Å²) in [7, 11) is 0. The Morgan fingerprint density at radius 1 is 1.06 bits per heavy atom. The molecule has 0 nitrogen and oxygen atoms in total. The first-order chi connectivity index (χ1) is 7.77. The topological polar surface area (TPSA) is 0 Å². The van der Waals surface area contributed by atoms with E-state index in [0.717, 1.165) is 29.1 Å². The lowest BCUT2D eigenvalue weighted by molar-refractivity contribution is 0.573. The molecule has 0 aliphatic carbocycles. The van der Waals surface area contributed by atoms with Crippen molar-refractivity contribution in [3.8, 4) is 0 Å². The molecule has 0 aliphatic heterocycles. The number of hydrogen-bond acceptors (Lipinski definition) is 1. The van der Waals surface area contributed by atoms with Gasteiger partial charge in [-0.1, -0.05) is 50.2 Å². The predicted molar refractivity (Wildman–Crippen MR) is 70.2 cm³/mol. The molecule has 0 saturated carbocycles. The fraction of sp³-hybridized carbons (Fsp3) is 0.429. The quantitative estimate of drug-likeness (QED) is 0.585. The van der Waals surface area contributed by atoms with Crippen molar-refractivity contribution in [3.05, 3.63) is 41.1 Å². The number of thioether (sulfide) groups is 1. The first kappa shape index (κ1) is 13.3. The standard InChI is InChI=1S/C14H19FS/c1-3-8-13(15)14(9-4-2)16-12-10-6-5-7-11-12/h5-7,10-11H,3-4,8-9H2,1-2H3/b14-13-. The number of allylic oxidation sites excluding steroid dienone is 2. The Bertz CT molecular complexity index is 330. The normalized spacial score (nSPS) is 12.4. The number of hydrogen-bond donors (Lipinski definition) is 0. The highest BCUT2D eigenvalue weighted by Gasteiger charge is 2.07. The highest BCUT2D eigenvalue weighted by atomic mass is 32.2. The highest BCUT2D eigenvalue weighted by molar-refractivity contribution is 8.03. The van der Waals surface area contributed by atoms with Crippen molar-refractivity contribution >= 4 is 11.8 Å². The molecule has 2 heteroatoms. The average Bonchev–Trinajstić information content (AvgIpc) is 2.30. The van der Waals surface area contributed by atoms with Crippen LogP contribution in [0.25, 0.3) is 0 Å². The lowest BCUT2D eigenvalue weighted by Crippen LogP contribution is -1.84. The summed E-state index contributed by atoms with van der Waals surface area (Å²) in [4.78, 5) is 2.02. The summed E-state index contributed by atoms with van der Waals surface area (Å²) >= 11 is 1.57. The van der Waals surface area contributed by atoms with E-state index in [-0.39, 0.29) is 5.83 Å². The van der Waals surface area contributed by atoms with Crippen molar-refractivity contribution in [3.63, 3.8) is 0 Å². The van der Waals surface area contributed by atoms with Crippen LogP contribution in [0.2, 0.25) is 0 Å². The Kier molecular flexibility index (Phi) is 6.24. The highest BCUT2D eigenvalue weighted by Crippen LogP contribution is 2.33. The van der Waals surface area contributed by atoms with Gasteiger partial charge in [0.2, 0.25) is 0 Å². The molecule has 0 N–H and O–H groups in total. The van der Waals surface area contributed by atoms with Gasteiger partial charge in [-0.15, -0.1) is 0 Å². The van der Waals surface area contributed by atoms with Gasteiger partial charge >= 0.3 is 0 Å². The van der Waals surface area contributed by atoms with Gasteiger partial charge in [-0.3, -0.25) is 0 Å². The molecule has 1 aromatic carbocycles. The van der Waals surface area contributed by atoms with Gasteiger partial charge in [0, 0.05) is 9.80 Å². The van der Waals surface area contributed by atoms with E-state index in [9.17, 15) is 4.39 Å². The minimum absolute atomic E-state index is 0.0678. The molecule has 0 saturated heterocycles. The molecule has 0 aliphatic rings. The van der Waals surface area contributed by atoms with E-state index in [1.807, 2.05) is 37.3 Å². The second-order valence-electron chi connectivity index (χ2n) is 3.74. The SMILES string of the molecule is CCC/C(F)=C(\CCC)Sc1ccccc1. The molecule has 16 heavy (non-hydrogen) atoms. The average molecular weight is 238 g/mol. The molecule has 0 unspecified atom stereocenters. The van der Waals surface area contributed by atoms with Gasteiger partial charge < -0.3 is 0 Å². The van der Waals surface area contributed by atoms with Crippen molar-refractivity contribution < 1.29 is 4.39 Å². The van der Waals surface area contributed by atoms with E-state index in [1.165, 1.54) is 0 Å². The lowest BCUT2D eigenvalue weighted by atomic mass is 10.2. The maximum absolute atomic E-state index is 13.8. The predicted octanol–water partition coefficient (Wildman–Crippen LogP) is 5.56. The van der Waals surface area contributed by atoms with Gasteiger partial charge in [-0.2, -0.15) is 0 Å². The molecule has 0 aromatic heterocycles. The Balaban J connectivity index is 2.75. The molecule has 0 fully saturated rings. The molecule has 0 heterocycles. The molecule has 0 atom stereocenters.